The Balaban J connectivity index is 1.89. The minimum Gasteiger partial charge on any atom is -0.479 e. The fourth-order valence-corrected chi connectivity index (χ4v) is 4.74. The zero-order valence-corrected chi connectivity index (χ0v) is 25.7. The zero-order chi connectivity index (χ0) is 31.4. The molecular weight excluding hydrogens is 546 g/mol. The fourth-order valence-electron chi connectivity index (χ4n) is 4.74. The van der Waals surface area contributed by atoms with E-state index in [0.29, 0.717) is 17.0 Å². The van der Waals surface area contributed by atoms with Crippen LogP contribution in [0, 0.1) is 0 Å². The average Bonchev–Trinajstić information content (AvgIpc) is 3.31. The van der Waals surface area contributed by atoms with E-state index in [1.807, 2.05) is 60.7 Å². The lowest BCUT2D eigenvalue weighted by Crippen LogP contribution is -2.32. The molecule has 0 bridgehead atoms. The number of para-hydroxylation sites is 1. The van der Waals surface area contributed by atoms with Crippen molar-refractivity contribution in [1.29, 1.82) is 0 Å². The molecule has 0 aliphatic carbocycles. The highest BCUT2D eigenvalue weighted by Gasteiger charge is 2.44. The van der Waals surface area contributed by atoms with Crippen molar-refractivity contribution >= 4 is 23.6 Å². The smallest absolute Gasteiger partial charge is 0.347 e. The Morgan fingerprint density at radius 2 is 1.30 bits per heavy atom. The number of carbonyl (C=O) groups excluding carboxylic acids is 3. The van der Waals surface area contributed by atoms with Gasteiger partial charge in [0, 0.05) is 0 Å². The molecule has 1 unspecified atom stereocenters. The van der Waals surface area contributed by atoms with Crippen LogP contribution in [0.1, 0.15) is 77.2 Å². The van der Waals surface area contributed by atoms with Crippen LogP contribution in [-0.2, 0) is 28.6 Å². The molecule has 3 aromatic rings. The van der Waals surface area contributed by atoms with Gasteiger partial charge in [-0.25, -0.2) is 9.59 Å². The lowest BCUT2D eigenvalue weighted by atomic mass is 9.95. The Kier molecular flexibility index (Phi) is 9.28. The summed E-state index contributed by atoms with van der Waals surface area (Å²) in [6.07, 6.45) is -0.487. The van der Waals surface area contributed by atoms with E-state index in [9.17, 15) is 14.4 Å². The average molecular weight is 586 g/mol. The van der Waals surface area contributed by atoms with Crippen LogP contribution in [0.5, 0.6) is 5.75 Å². The van der Waals surface area contributed by atoms with E-state index in [0.717, 1.165) is 11.1 Å². The molecule has 8 heteroatoms. The standard InChI is InChI=1S/C35H39NO7/c1-8-40-31(37)27(33(39)43-35(5,6)7)29-26(32(38)42-34(2,3)4)24-20-15-21-25(28(24)36-29)41-30(22-16-11-9-12-17-22)23-18-13-10-14-19-23/h9-21,26,30,36H,8H2,1-7H3/b29-27-. The quantitative estimate of drug-likeness (QED) is 0.101. The molecule has 0 fully saturated rings. The third-order valence-corrected chi connectivity index (χ3v) is 6.36. The van der Waals surface area contributed by atoms with Gasteiger partial charge in [0.25, 0.3) is 0 Å². The first-order chi connectivity index (χ1) is 20.3. The van der Waals surface area contributed by atoms with Crippen molar-refractivity contribution in [2.75, 3.05) is 11.9 Å². The van der Waals surface area contributed by atoms with Gasteiger partial charge in [-0.1, -0.05) is 72.8 Å². The molecule has 0 saturated carbocycles. The SMILES string of the molecule is CCOC(=O)/C(C(=O)OC(C)(C)C)=C1/Nc2c(OC(c3ccccc3)c3ccccc3)cccc2C1C(=O)OC(C)(C)C. The van der Waals surface area contributed by atoms with Crippen molar-refractivity contribution < 1.29 is 33.3 Å². The van der Waals surface area contributed by atoms with E-state index in [1.165, 1.54) is 0 Å². The molecule has 3 aromatic carbocycles. The molecule has 1 atom stereocenters. The van der Waals surface area contributed by atoms with Gasteiger partial charge in [0.1, 0.15) is 29.0 Å². The third kappa shape index (κ3) is 7.63. The van der Waals surface area contributed by atoms with Crippen LogP contribution in [0.25, 0.3) is 0 Å². The van der Waals surface area contributed by atoms with Crippen molar-refractivity contribution in [2.45, 2.75) is 71.7 Å². The summed E-state index contributed by atoms with van der Waals surface area (Å²) in [7, 11) is 0. The molecule has 1 aliphatic rings. The number of anilines is 1. The molecule has 1 heterocycles. The lowest BCUT2D eigenvalue weighted by molar-refractivity contribution is -0.155. The van der Waals surface area contributed by atoms with E-state index < -0.39 is 46.7 Å². The highest BCUT2D eigenvalue weighted by Crippen LogP contribution is 2.47. The fraction of sp³-hybridized carbons (Fsp3) is 0.343. The molecule has 43 heavy (non-hydrogen) atoms. The molecule has 0 radical (unpaired) electrons. The molecule has 0 aromatic heterocycles. The van der Waals surface area contributed by atoms with Crippen LogP contribution >= 0.6 is 0 Å². The van der Waals surface area contributed by atoms with E-state index in [-0.39, 0.29) is 12.3 Å². The first-order valence-electron chi connectivity index (χ1n) is 14.3. The summed E-state index contributed by atoms with van der Waals surface area (Å²) in [6.45, 7) is 12.0. The van der Waals surface area contributed by atoms with Crippen molar-refractivity contribution in [3.63, 3.8) is 0 Å². The third-order valence-electron chi connectivity index (χ3n) is 6.36. The van der Waals surface area contributed by atoms with Crippen molar-refractivity contribution in [3.05, 3.63) is 107 Å². The maximum absolute atomic E-state index is 13.8. The van der Waals surface area contributed by atoms with Crippen LogP contribution < -0.4 is 10.1 Å². The number of hydrogen-bond acceptors (Lipinski definition) is 8. The topological polar surface area (TPSA) is 100 Å². The predicted molar refractivity (Wildman–Crippen MR) is 164 cm³/mol. The van der Waals surface area contributed by atoms with Crippen LogP contribution in [0.2, 0.25) is 0 Å². The van der Waals surface area contributed by atoms with E-state index in [1.54, 1.807) is 66.7 Å². The van der Waals surface area contributed by atoms with Crippen molar-refractivity contribution in [3.8, 4) is 5.75 Å². The largest absolute Gasteiger partial charge is 0.479 e. The van der Waals surface area contributed by atoms with Crippen molar-refractivity contribution in [2.24, 2.45) is 0 Å². The van der Waals surface area contributed by atoms with E-state index in [4.69, 9.17) is 18.9 Å². The number of benzene rings is 3. The zero-order valence-electron chi connectivity index (χ0n) is 25.7. The van der Waals surface area contributed by atoms with Crippen molar-refractivity contribution in [1.82, 2.24) is 0 Å². The molecule has 4 rings (SSSR count). The van der Waals surface area contributed by atoms with Crippen LogP contribution in [-0.4, -0.2) is 35.7 Å². The van der Waals surface area contributed by atoms with Gasteiger partial charge < -0.3 is 24.3 Å². The summed E-state index contributed by atoms with van der Waals surface area (Å²) in [5.41, 5.74) is 0.647. The van der Waals surface area contributed by atoms with Gasteiger partial charge in [-0.05, 0) is 71.2 Å². The lowest BCUT2D eigenvalue weighted by Gasteiger charge is -2.24. The first-order valence-corrected chi connectivity index (χ1v) is 14.3. The highest BCUT2D eigenvalue weighted by molar-refractivity contribution is 6.16. The maximum Gasteiger partial charge on any atom is 0.347 e. The van der Waals surface area contributed by atoms with Gasteiger partial charge >= 0.3 is 17.9 Å². The summed E-state index contributed by atoms with van der Waals surface area (Å²) >= 11 is 0. The van der Waals surface area contributed by atoms with Gasteiger partial charge in [0.05, 0.1) is 18.0 Å². The molecular formula is C35H39NO7. The second-order valence-electron chi connectivity index (χ2n) is 12.1. The Morgan fingerprint density at radius 3 is 1.81 bits per heavy atom. The minimum atomic E-state index is -1.14. The van der Waals surface area contributed by atoms with Gasteiger partial charge in [-0.2, -0.15) is 0 Å². The summed E-state index contributed by atoms with van der Waals surface area (Å²) in [5.74, 6) is -3.18. The first kappa shape index (κ1) is 31.3. The van der Waals surface area contributed by atoms with E-state index >= 15 is 0 Å². The molecule has 0 spiro atoms. The minimum absolute atomic E-state index is 0.0176. The number of fused-ring (bicyclic) bond motifs is 1. The number of nitrogens with one attached hydrogen (secondary N) is 1. The highest BCUT2D eigenvalue weighted by atomic mass is 16.6. The molecule has 0 saturated heterocycles. The van der Waals surface area contributed by atoms with Gasteiger partial charge in [0.2, 0.25) is 0 Å². The second-order valence-corrected chi connectivity index (χ2v) is 12.1. The Labute approximate surface area is 253 Å². The predicted octanol–water partition coefficient (Wildman–Crippen LogP) is 6.86. The normalized spacial score (nSPS) is 15.7. The number of hydrogen-bond donors (Lipinski definition) is 1. The van der Waals surface area contributed by atoms with Gasteiger partial charge in [0.15, 0.2) is 5.57 Å². The summed E-state index contributed by atoms with van der Waals surface area (Å²) in [5, 5.41) is 3.19. The summed E-state index contributed by atoms with van der Waals surface area (Å²) in [4.78, 5) is 40.5. The summed E-state index contributed by atoms with van der Waals surface area (Å²) in [6, 6.07) is 24.8. The van der Waals surface area contributed by atoms with Crippen LogP contribution in [0.15, 0.2) is 90.1 Å². The summed E-state index contributed by atoms with van der Waals surface area (Å²) < 4.78 is 23.3. The van der Waals surface area contributed by atoms with Crippen LogP contribution in [0.4, 0.5) is 5.69 Å². The number of rotatable bonds is 8. The molecule has 8 nitrogen and oxygen atoms in total. The monoisotopic (exact) mass is 585 g/mol. The Morgan fingerprint density at radius 1 is 0.744 bits per heavy atom. The van der Waals surface area contributed by atoms with Crippen LogP contribution in [0.3, 0.4) is 0 Å². The van der Waals surface area contributed by atoms with Gasteiger partial charge in [-0.3, -0.25) is 4.79 Å². The van der Waals surface area contributed by atoms with E-state index in [2.05, 4.69) is 5.32 Å². The molecule has 1 aliphatic heterocycles. The number of esters is 3. The molecule has 1 N–H and O–H groups in total. The Hall–Kier alpha value is -4.59. The maximum atomic E-state index is 13.8. The second kappa shape index (κ2) is 12.7. The Bertz CT molecular complexity index is 1460. The van der Waals surface area contributed by atoms with Gasteiger partial charge in [-0.15, -0.1) is 0 Å². The number of carbonyl (C=O) groups is 3. The molecule has 0 amide bonds. The molecule has 226 valence electrons. The number of ether oxygens (including phenoxy) is 4.